The normalized spacial score (nSPS) is 19.9. The Morgan fingerprint density at radius 1 is 1.12 bits per heavy atom. The molecular weight excluding hydrogens is 545 g/mol. The maximum absolute atomic E-state index is 13.8. The summed E-state index contributed by atoms with van der Waals surface area (Å²) in [5.74, 6) is 6.17. The number of piperazine rings is 1. The average Bonchev–Trinajstić information content (AvgIpc) is 3.37. The van der Waals surface area contributed by atoms with E-state index in [-0.39, 0.29) is 22.9 Å². The third-order valence-electron chi connectivity index (χ3n) is 8.19. The number of halogens is 3. The third-order valence-corrected chi connectivity index (χ3v) is 8.19. The number of carbonyl (C=O) groups excluding carboxylic acids is 1. The van der Waals surface area contributed by atoms with Crippen LogP contribution in [0.15, 0.2) is 48.7 Å². The summed E-state index contributed by atoms with van der Waals surface area (Å²) < 4.78 is 51.6. The lowest BCUT2D eigenvalue weighted by atomic mass is 9.99. The molecule has 2 aliphatic heterocycles. The first-order chi connectivity index (χ1) is 20.0. The molecule has 1 aromatic heterocycles. The van der Waals surface area contributed by atoms with Crippen LogP contribution in [0, 0.1) is 11.8 Å². The number of benzene rings is 2. The topological polar surface area (TPSA) is 61.0 Å². The van der Waals surface area contributed by atoms with E-state index in [2.05, 4.69) is 40.5 Å². The van der Waals surface area contributed by atoms with E-state index < -0.39 is 17.6 Å². The molecule has 5 rings (SSSR count). The summed E-state index contributed by atoms with van der Waals surface area (Å²) in [6.07, 6.45) is -2.10. The maximum atomic E-state index is 13.8. The van der Waals surface area contributed by atoms with Crippen LogP contribution in [-0.4, -0.2) is 96.8 Å². The van der Waals surface area contributed by atoms with Crippen LogP contribution in [0.5, 0.6) is 5.75 Å². The average molecular weight is 583 g/mol. The molecule has 2 aromatic carbocycles. The zero-order chi connectivity index (χ0) is 29.9. The van der Waals surface area contributed by atoms with E-state index in [4.69, 9.17) is 9.47 Å². The van der Waals surface area contributed by atoms with Crippen molar-refractivity contribution < 1.29 is 27.4 Å². The van der Waals surface area contributed by atoms with Crippen molar-refractivity contribution in [3.63, 3.8) is 0 Å². The number of aromatic amines is 1. The maximum Gasteiger partial charge on any atom is 0.416 e. The van der Waals surface area contributed by atoms with Gasteiger partial charge in [-0.25, -0.2) is 0 Å². The highest BCUT2D eigenvalue weighted by Crippen LogP contribution is 2.33. The van der Waals surface area contributed by atoms with E-state index in [0.29, 0.717) is 52.4 Å². The Morgan fingerprint density at radius 3 is 2.67 bits per heavy atom. The van der Waals surface area contributed by atoms with Crippen molar-refractivity contribution in [2.45, 2.75) is 38.0 Å². The highest BCUT2D eigenvalue weighted by atomic mass is 19.4. The standard InChI is InChI=1S/C32H37F3N4O3/c1-31(2)22-42-15-14-38(31)11-7-6-10-37-12-13-39(26(21-37)17-24-20-36-29-9-5-4-8-28(24)29)30(40)23-16-25(32(33,34)35)19-27(18-23)41-3/h4-5,8-9,16,18-20,26,36H,10-15,17,21-22H2,1-3H3/t26-/m1/s1. The number of para-hydroxylation sites is 1. The lowest BCUT2D eigenvalue weighted by Crippen LogP contribution is -2.56. The highest BCUT2D eigenvalue weighted by Gasteiger charge is 2.35. The Balaban J connectivity index is 1.36. The summed E-state index contributed by atoms with van der Waals surface area (Å²) >= 11 is 0. The predicted molar refractivity (Wildman–Crippen MR) is 156 cm³/mol. The van der Waals surface area contributed by atoms with Crippen molar-refractivity contribution >= 4 is 16.8 Å². The Hall–Kier alpha value is -3.52. The molecule has 10 heteroatoms. The van der Waals surface area contributed by atoms with Crippen LogP contribution < -0.4 is 4.74 Å². The third kappa shape index (κ3) is 6.75. The molecule has 0 unspecified atom stereocenters. The lowest BCUT2D eigenvalue weighted by molar-refractivity contribution is -0.137. The summed E-state index contributed by atoms with van der Waals surface area (Å²) in [4.78, 5) is 23.3. The van der Waals surface area contributed by atoms with Crippen LogP contribution in [0.1, 0.15) is 35.3 Å². The molecule has 0 bridgehead atoms. The molecule has 3 heterocycles. The van der Waals surface area contributed by atoms with Crippen LogP contribution in [0.4, 0.5) is 13.2 Å². The molecule has 3 aromatic rings. The van der Waals surface area contributed by atoms with E-state index in [1.807, 2.05) is 30.5 Å². The van der Waals surface area contributed by atoms with Gasteiger partial charge in [-0.1, -0.05) is 30.0 Å². The second kappa shape index (κ2) is 12.4. The summed E-state index contributed by atoms with van der Waals surface area (Å²) in [6, 6.07) is 10.9. The second-order valence-corrected chi connectivity index (χ2v) is 11.5. The van der Waals surface area contributed by atoms with E-state index in [1.165, 1.54) is 13.2 Å². The molecule has 224 valence electrons. The van der Waals surface area contributed by atoms with Gasteiger partial charge >= 0.3 is 6.18 Å². The Labute approximate surface area is 244 Å². The Kier molecular flexibility index (Phi) is 8.83. The van der Waals surface area contributed by atoms with Crippen LogP contribution >= 0.6 is 0 Å². The summed E-state index contributed by atoms with van der Waals surface area (Å²) in [6.45, 7) is 9.24. The van der Waals surface area contributed by atoms with Crippen LogP contribution in [-0.2, 0) is 17.3 Å². The number of nitrogens with zero attached hydrogens (tertiary/aromatic N) is 3. The molecule has 1 amide bonds. The lowest BCUT2D eigenvalue weighted by Gasteiger charge is -2.41. The van der Waals surface area contributed by atoms with Crippen molar-refractivity contribution in [2.24, 2.45) is 0 Å². The fraction of sp³-hybridized carbons (Fsp3) is 0.469. The number of amides is 1. The van der Waals surface area contributed by atoms with Gasteiger partial charge in [0.05, 0.1) is 39.0 Å². The van der Waals surface area contributed by atoms with Gasteiger partial charge in [0.25, 0.3) is 5.91 Å². The minimum absolute atomic E-state index is 0.00119. The first-order valence-corrected chi connectivity index (χ1v) is 14.2. The van der Waals surface area contributed by atoms with Gasteiger partial charge in [-0.05, 0) is 50.1 Å². The van der Waals surface area contributed by atoms with Crippen LogP contribution in [0.25, 0.3) is 10.9 Å². The minimum Gasteiger partial charge on any atom is -0.497 e. The first-order valence-electron chi connectivity index (χ1n) is 14.2. The van der Waals surface area contributed by atoms with Crippen molar-refractivity contribution in [2.75, 3.05) is 59.6 Å². The molecule has 0 aliphatic carbocycles. The minimum atomic E-state index is -4.60. The molecule has 1 atom stereocenters. The van der Waals surface area contributed by atoms with E-state index >= 15 is 0 Å². The number of nitrogens with one attached hydrogen (secondary N) is 1. The van der Waals surface area contributed by atoms with Crippen molar-refractivity contribution in [1.82, 2.24) is 19.7 Å². The molecule has 2 aliphatic rings. The number of methoxy groups -OCH3 is 1. The number of aromatic nitrogens is 1. The zero-order valence-corrected chi connectivity index (χ0v) is 24.3. The largest absolute Gasteiger partial charge is 0.497 e. The number of alkyl halides is 3. The number of H-pyrrole nitrogens is 1. The monoisotopic (exact) mass is 582 g/mol. The smallest absolute Gasteiger partial charge is 0.416 e. The van der Waals surface area contributed by atoms with Gasteiger partial charge in [0.1, 0.15) is 5.75 Å². The number of hydrogen-bond donors (Lipinski definition) is 1. The van der Waals surface area contributed by atoms with E-state index in [0.717, 1.165) is 35.1 Å². The van der Waals surface area contributed by atoms with Gasteiger partial charge in [-0.15, -0.1) is 0 Å². The van der Waals surface area contributed by atoms with Gasteiger partial charge in [0.15, 0.2) is 0 Å². The number of rotatable bonds is 6. The number of morpholine rings is 1. The van der Waals surface area contributed by atoms with Gasteiger partial charge in [0.2, 0.25) is 0 Å². The molecule has 0 radical (unpaired) electrons. The van der Waals surface area contributed by atoms with Gasteiger partial charge in [0, 0.05) is 60.4 Å². The van der Waals surface area contributed by atoms with Gasteiger partial charge in [-0.3, -0.25) is 14.6 Å². The molecule has 2 saturated heterocycles. The molecule has 42 heavy (non-hydrogen) atoms. The molecule has 7 nitrogen and oxygen atoms in total. The fourth-order valence-electron chi connectivity index (χ4n) is 5.73. The second-order valence-electron chi connectivity index (χ2n) is 11.5. The molecule has 2 fully saturated rings. The van der Waals surface area contributed by atoms with Gasteiger partial charge in [-0.2, -0.15) is 13.2 Å². The van der Waals surface area contributed by atoms with Gasteiger partial charge < -0.3 is 19.4 Å². The molecule has 1 N–H and O–H groups in total. The molecule has 0 spiro atoms. The Morgan fingerprint density at radius 2 is 1.90 bits per heavy atom. The van der Waals surface area contributed by atoms with E-state index in [9.17, 15) is 18.0 Å². The summed E-state index contributed by atoms with van der Waals surface area (Å²) in [7, 11) is 1.30. The number of ether oxygens (including phenoxy) is 2. The SMILES string of the molecule is COc1cc(C(=O)N2CCN(CC#CCN3CCOCC3(C)C)C[C@H]2Cc2c[nH]c3ccccc23)cc(C(F)(F)F)c1. The molecule has 0 saturated carbocycles. The quantitative estimate of drug-likeness (QED) is 0.428. The Bertz CT molecular complexity index is 1470. The number of carbonyl (C=O) groups is 1. The molecular formula is C32H37F3N4O3. The van der Waals surface area contributed by atoms with Crippen molar-refractivity contribution in [3.05, 3.63) is 65.4 Å². The fourth-order valence-corrected chi connectivity index (χ4v) is 5.73. The highest BCUT2D eigenvalue weighted by molar-refractivity contribution is 5.95. The van der Waals surface area contributed by atoms with Crippen LogP contribution in [0.3, 0.4) is 0 Å². The van der Waals surface area contributed by atoms with Crippen LogP contribution in [0.2, 0.25) is 0 Å². The zero-order valence-electron chi connectivity index (χ0n) is 24.3. The summed E-state index contributed by atoms with van der Waals surface area (Å²) in [5.41, 5.74) is 1.05. The van der Waals surface area contributed by atoms with Crippen molar-refractivity contribution in [3.8, 4) is 17.6 Å². The van der Waals surface area contributed by atoms with E-state index in [1.54, 1.807) is 4.90 Å². The first kappa shape index (κ1) is 30.0. The predicted octanol–water partition coefficient (Wildman–Crippen LogP) is 4.68. The van der Waals surface area contributed by atoms with Crippen molar-refractivity contribution in [1.29, 1.82) is 0 Å². The number of hydrogen-bond acceptors (Lipinski definition) is 5. The summed E-state index contributed by atoms with van der Waals surface area (Å²) in [5, 5.41) is 1.07. The number of fused-ring (bicyclic) bond motifs is 1.